The number of nitrogens with zero attached hydrogens (tertiary/aromatic N) is 5. The summed E-state index contributed by atoms with van der Waals surface area (Å²) in [6.07, 6.45) is 4.51. The molecule has 5 heteroatoms. The summed E-state index contributed by atoms with van der Waals surface area (Å²) < 4.78 is 0. The van der Waals surface area contributed by atoms with E-state index in [0.29, 0.717) is 0 Å². The predicted molar refractivity (Wildman–Crippen MR) is 112 cm³/mol. The summed E-state index contributed by atoms with van der Waals surface area (Å²) in [5.74, 6) is 0. The molecule has 2 aliphatic heterocycles. The van der Waals surface area contributed by atoms with Crippen LogP contribution in [-0.2, 0) is 6.42 Å². The lowest BCUT2D eigenvalue weighted by Gasteiger charge is -2.29. The Morgan fingerprint density at radius 2 is 1.69 bits per heavy atom. The molecule has 2 aromatic rings. The molecular weight excluding hydrogens is 322 g/mol. The Balaban J connectivity index is 1.53. The number of hydrogen-bond acceptors (Lipinski definition) is 5. The highest BCUT2D eigenvalue weighted by Gasteiger charge is 2.29. The van der Waals surface area contributed by atoms with Gasteiger partial charge in [-0.3, -0.25) is 5.01 Å². The first kappa shape index (κ1) is 16.8. The quantitative estimate of drug-likeness (QED) is 0.626. The summed E-state index contributed by atoms with van der Waals surface area (Å²) in [6.45, 7) is 1.14. The molecule has 4 rings (SSSR count). The lowest BCUT2D eigenvalue weighted by Crippen LogP contribution is -2.40. The number of fused-ring (bicyclic) bond motifs is 2. The number of hydrazone groups is 1. The van der Waals surface area contributed by atoms with E-state index in [4.69, 9.17) is 5.10 Å². The van der Waals surface area contributed by atoms with E-state index in [2.05, 4.69) is 78.3 Å². The van der Waals surface area contributed by atoms with Gasteiger partial charge in [-0.15, -0.1) is 0 Å². The molecule has 0 atom stereocenters. The van der Waals surface area contributed by atoms with Crippen molar-refractivity contribution in [3.05, 3.63) is 48.0 Å². The van der Waals surface area contributed by atoms with Gasteiger partial charge in [-0.05, 0) is 48.7 Å². The summed E-state index contributed by atoms with van der Waals surface area (Å²) in [5.41, 5.74) is 6.39. The van der Waals surface area contributed by atoms with Crippen molar-refractivity contribution in [3.63, 3.8) is 0 Å². The van der Waals surface area contributed by atoms with Gasteiger partial charge in [0.1, 0.15) is 6.17 Å². The molecule has 2 heterocycles. The summed E-state index contributed by atoms with van der Waals surface area (Å²) in [6, 6.07) is 15.1. The zero-order valence-corrected chi connectivity index (χ0v) is 16.1. The van der Waals surface area contributed by atoms with Crippen LogP contribution in [0, 0.1) is 0 Å². The Morgan fingerprint density at radius 1 is 1.00 bits per heavy atom. The van der Waals surface area contributed by atoms with Crippen LogP contribution in [0.3, 0.4) is 0 Å². The predicted octanol–water partition coefficient (Wildman–Crippen LogP) is 3.40. The number of benzene rings is 2. The smallest absolute Gasteiger partial charge is 0.140 e. The Labute approximate surface area is 156 Å². The average molecular weight is 349 g/mol. The lowest BCUT2D eigenvalue weighted by atomic mass is 10.0. The number of aryl methyl sites for hydroxylation is 1. The molecule has 0 N–H and O–H groups in total. The fourth-order valence-electron chi connectivity index (χ4n) is 4.00. The fourth-order valence-corrected chi connectivity index (χ4v) is 4.00. The monoisotopic (exact) mass is 349 g/mol. The van der Waals surface area contributed by atoms with Gasteiger partial charge in [-0.2, -0.15) is 5.10 Å². The van der Waals surface area contributed by atoms with E-state index in [-0.39, 0.29) is 6.17 Å². The van der Waals surface area contributed by atoms with Crippen LogP contribution in [0.15, 0.2) is 47.6 Å². The van der Waals surface area contributed by atoms with Crippen molar-refractivity contribution in [2.45, 2.75) is 19.0 Å². The van der Waals surface area contributed by atoms with Gasteiger partial charge in [0, 0.05) is 40.4 Å². The van der Waals surface area contributed by atoms with E-state index >= 15 is 0 Å². The van der Waals surface area contributed by atoms with Gasteiger partial charge in [0.05, 0.1) is 23.3 Å². The molecule has 0 fully saturated rings. The average Bonchev–Trinajstić information content (AvgIpc) is 2.90. The molecule has 0 aromatic heterocycles. The lowest BCUT2D eigenvalue weighted by molar-refractivity contribution is 0.744. The molecule has 0 saturated heterocycles. The topological polar surface area (TPSA) is 25.3 Å². The van der Waals surface area contributed by atoms with Gasteiger partial charge in [-0.25, -0.2) is 0 Å². The second-order valence-corrected chi connectivity index (χ2v) is 7.25. The first-order valence-electron chi connectivity index (χ1n) is 9.23. The Hall–Kier alpha value is -2.69. The van der Waals surface area contributed by atoms with E-state index in [1.54, 1.807) is 0 Å². The second-order valence-electron chi connectivity index (χ2n) is 7.25. The van der Waals surface area contributed by atoms with E-state index in [0.717, 1.165) is 18.7 Å². The van der Waals surface area contributed by atoms with E-state index in [9.17, 15) is 0 Å². The maximum Gasteiger partial charge on any atom is 0.140 e. The van der Waals surface area contributed by atoms with Crippen LogP contribution >= 0.6 is 0 Å². The summed E-state index contributed by atoms with van der Waals surface area (Å²) in [5, 5.41) is 6.71. The number of para-hydroxylation sites is 2. The van der Waals surface area contributed by atoms with E-state index in [1.807, 2.05) is 18.3 Å². The highest BCUT2D eigenvalue weighted by molar-refractivity contribution is 5.87. The molecule has 2 aliphatic rings. The first-order chi connectivity index (χ1) is 12.6. The second kappa shape index (κ2) is 6.56. The minimum Gasteiger partial charge on any atom is -0.374 e. The number of anilines is 4. The molecule has 0 radical (unpaired) electrons. The Morgan fingerprint density at radius 3 is 2.38 bits per heavy atom. The third-order valence-corrected chi connectivity index (χ3v) is 5.60. The molecule has 0 saturated carbocycles. The van der Waals surface area contributed by atoms with Crippen LogP contribution in [0.5, 0.6) is 0 Å². The molecule has 5 nitrogen and oxygen atoms in total. The highest BCUT2D eigenvalue weighted by Crippen LogP contribution is 2.36. The van der Waals surface area contributed by atoms with Gasteiger partial charge >= 0.3 is 0 Å². The van der Waals surface area contributed by atoms with Crippen LogP contribution in [0.25, 0.3) is 0 Å². The van der Waals surface area contributed by atoms with E-state index < -0.39 is 0 Å². The minimum absolute atomic E-state index is 0.124. The zero-order valence-electron chi connectivity index (χ0n) is 16.1. The van der Waals surface area contributed by atoms with Crippen molar-refractivity contribution < 1.29 is 0 Å². The van der Waals surface area contributed by atoms with Crippen molar-refractivity contribution in [1.82, 2.24) is 0 Å². The molecule has 2 aromatic carbocycles. The van der Waals surface area contributed by atoms with Crippen molar-refractivity contribution in [2.24, 2.45) is 5.10 Å². The van der Waals surface area contributed by atoms with Crippen molar-refractivity contribution >= 4 is 29.0 Å². The van der Waals surface area contributed by atoms with Gasteiger partial charge in [0.25, 0.3) is 0 Å². The number of hydrogen-bond donors (Lipinski definition) is 0. The Bertz CT molecular complexity index is 802. The summed E-state index contributed by atoms with van der Waals surface area (Å²) in [4.78, 5) is 6.86. The van der Waals surface area contributed by atoms with E-state index in [1.165, 1.54) is 29.0 Å². The number of rotatable bonds is 3. The maximum absolute atomic E-state index is 4.74. The zero-order chi connectivity index (χ0) is 18.3. The SMILES string of the molecule is CN1CCCc2cc(N(C)/N=C/C3N(C)c4ccccc4N3C)ccc21. The summed E-state index contributed by atoms with van der Waals surface area (Å²) >= 11 is 0. The minimum atomic E-state index is 0.124. The maximum atomic E-state index is 4.74. The molecule has 0 aliphatic carbocycles. The van der Waals surface area contributed by atoms with Gasteiger partial charge in [0.15, 0.2) is 0 Å². The molecule has 0 amide bonds. The third-order valence-electron chi connectivity index (χ3n) is 5.60. The first-order valence-corrected chi connectivity index (χ1v) is 9.23. The molecule has 0 bridgehead atoms. The van der Waals surface area contributed by atoms with Crippen LogP contribution in [-0.4, -0.2) is 47.1 Å². The van der Waals surface area contributed by atoms with Crippen LogP contribution in [0.2, 0.25) is 0 Å². The van der Waals surface area contributed by atoms with Crippen molar-refractivity contribution in [3.8, 4) is 0 Å². The fraction of sp³-hybridized carbons (Fsp3) is 0.381. The molecule has 26 heavy (non-hydrogen) atoms. The van der Waals surface area contributed by atoms with Crippen LogP contribution in [0.1, 0.15) is 12.0 Å². The molecular formula is C21H27N5. The largest absolute Gasteiger partial charge is 0.374 e. The third kappa shape index (κ3) is 2.77. The highest BCUT2D eigenvalue weighted by atomic mass is 15.5. The van der Waals surface area contributed by atoms with Crippen LogP contribution < -0.4 is 19.7 Å². The molecule has 0 spiro atoms. The van der Waals surface area contributed by atoms with Gasteiger partial charge < -0.3 is 14.7 Å². The van der Waals surface area contributed by atoms with Crippen molar-refractivity contribution in [2.75, 3.05) is 54.4 Å². The van der Waals surface area contributed by atoms with Gasteiger partial charge in [0.2, 0.25) is 0 Å². The van der Waals surface area contributed by atoms with Crippen LogP contribution in [0.4, 0.5) is 22.7 Å². The molecule has 0 unspecified atom stereocenters. The van der Waals surface area contributed by atoms with Crippen molar-refractivity contribution in [1.29, 1.82) is 0 Å². The molecule has 136 valence electrons. The Kier molecular flexibility index (Phi) is 4.23. The standard InChI is InChI=1S/C21H27N5/c1-23-13-7-8-16-14-17(11-12-18(16)23)26(4)22-15-21-24(2)19-9-5-6-10-20(19)25(21)3/h5-6,9-12,14-15,21H,7-8,13H2,1-4H3/b22-15+. The summed E-state index contributed by atoms with van der Waals surface area (Å²) in [7, 11) is 8.43. The van der Waals surface area contributed by atoms with Gasteiger partial charge in [-0.1, -0.05) is 12.1 Å². The normalized spacial score (nSPS) is 17.0.